The lowest BCUT2D eigenvalue weighted by atomic mass is 10.2. The van der Waals surface area contributed by atoms with Crippen molar-refractivity contribution in [1.29, 1.82) is 0 Å². The Kier molecular flexibility index (Phi) is 6.83. The monoisotopic (exact) mass is 424 g/mol. The molecule has 0 fully saturated rings. The summed E-state index contributed by atoms with van der Waals surface area (Å²) in [6.07, 6.45) is 3.41. The molecule has 0 saturated heterocycles. The molecule has 0 aliphatic rings. The lowest BCUT2D eigenvalue weighted by molar-refractivity contribution is -0.133. The zero-order valence-electron chi connectivity index (χ0n) is 17.4. The van der Waals surface area contributed by atoms with Crippen LogP contribution in [0.2, 0.25) is 0 Å². The Labute approximate surface area is 179 Å². The average Bonchev–Trinajstić information content (AvgIpc) is 3.16. The first-order valence-electron chi connectivity index (χ1n) is 9.43. The number of amides is 2. The van der Waals surface area contributed by atoms with Crippen LogP contribution >= 0.6 is 11.8 Å². The summed E-state index contributed by atoms with van der Waals surface area (Å²) in [5.74, 6) is 0.389. The Morgan fingerprint density at radius 2 is 1.83 bits per heavy atom. The summed E-state index contributed by atoms with van der Waals surface area (Å²) in [4.78, 5) is 29.9. The molecule has 0 spiro atoms. The minimum Gasteiger partial charge on any atom is -0.347 e. The normalized spacial score (nSPS) is 11.7. The molecule has 0 aliphatic heterocycles. The molecule has 0 bridgehead atoms. The number of nitrogens with one attached hydrogen (secondary N) is 1. The Morgan fingerprint density at radius 1 is 1.13 bits per heavy atom. The molecule has 1 N–H and O–H groups in total. The molecule has 3 rings (SSSR count). The van der Waals surface area contributed by atoms with Crippen LogP contribution in [0.3, 0.4) is 0 Å². The third-order valence-corrected chi connectivity index (χ3v) is 5.38. The number of aryl methyl sites for hydroxylation is 1. The van der Waals surface area contributed by atoms with E-state index in [0.717, 1.165) is 16.8 Å². The SMILES string of the molecule is Cc1ccccc1-n1c(SCC(=O)NC(C)C(=O)N(C)C)nnc1-c1ccncc1. The molecule has 2 amide bonds. The number of carbonyl (C=O) groups excluding carboxylic acids is 2. The van der Waals surface area contributed by atoms with Gasteiger partial charge in [-0.2, -0.15) is 0 Å². The number of aromatic nitrogens is 4. The first kappa shape index (κ1) is 21.5. The quantitative estimate of drug-likeness (QED) is 0.585. The van der Waals surface area contributed by atoms with Gasteiger partial charge < -0.3 is 10.2 Å². The summed E-state index contributed by atoms with van der Waals surface area (Å²) in [6.45, 7) is 3.68. The number of hydrogen-bond acceptors (Lipinski definition) is 6. The van der Waals surface area contributed by atoms with E-state index >= 15 is 0 Å². The van der Waals surface area contributed by atoms with Crippen molar-refractivity contribution in [3.63, 3.8) is 0 Å². The molecule has 30 heavy (non-hydrogen) atoms. The first-order valence-corrected chi connectivity index (χ1v) is 10.4. The largest absolute Gasteiger partial charge is 0.347 e. The van der Waals surface area contributed by atoms with Crippen LogP contribution in [0, 0.1) is 6.92 Å². The Hall–Kier alpha value is -3.20. The molecule has 2 aromatic heterocycles. The molecular weight excluding hydrogens is 400 g/mol. The molecule has 1 unspecified atom stereocenters. The van der Waals surface area contributed by atoms with Gasteiger partial charge in [-0.05, 0) is 37.6 Å². The minimum atomic E-state index is -0.588. The number of benzene rings is 1. The molecule has 9 heteroatoms. The van der Waals surface area contributed by atoms with Crippen LogP contribution in [0.5, 0.6) is 0 Å². The molecule has 0 saturated carbocycles. The average molecular weight is 425 g/mol. The smallest absolute Gasteiger partial charge is 0.244 e. The van der Waals surface area contributed by atoms with Crippen molar-refractivity contribution in [2.75, 3.05) is 19.8 Å². The maximum absolute atomic E-state index is 12.4. The third kappa shape index (κ3) is 4.85. The highest BCUT2D eigenvalue weighted by Crippen LogP contribution is 2.29. The minimum absolute atomic E-state index is 0.116. The number of nitrogens with zero attached hydrogens (tertiary/aromatic N) is 5. The standard InChI is InChI=1S/C21H24N6O2S/c1-14-7-5-6-8-17(14)27-19(16-9-11-22-12-10-16)24-25-21(27)30-13-18(28)23-15(2)20(29)26(3)4/h5-12,15H,13H2,1-4H3,(H,23,28). The predicted molar refractivity (Wildman–Crippen MR) is 116 cm³/mol. The van der Waals surface area contributed by atoms with Gasteiger partial charge in [-0.15, -0.1) is 10.2 Å². The van der Waals surface area contributed by atoms with Crippen molar-refractivity contribution in [1.82, 2.24) is 30.0 Å². The van der Waals surface area contributed by atoms with Crippen molar-refractivity contribution < 1.29 is 9.59 Å². The number of para-hydroxylation sites is 1. The van der Waals surface area contributed by atoms with E-state index in [1.807, 2.05) is 47.9 Å². The third-order valence-electron chi connectivity index (χ3n) is 4.45. The van der Waals surface area contributed by atoms with Crippen molar-refractivity contribution in [2.45, 2.75) is 25.0 Å². The van der Waals surface area contributed by atoms with Gasteiger partial charge in [0.15, 0.2) is 11.0 Å². The van der Waals surface area contributed by atoms with E-state index < -0.39 is 6.04 Å². The topological polar surface area (TPSA) is 93.0 Å². The molecule has 3 aromatic rings. The van der Waals surface area contributed by atoms with Crippen molar-refractivity contribution in [3.8, 4) is 17.1 Å². The summed E-state index contributed by atoms with van der Waals surface area (Å²) >= 11 is 1.27. The van der Waals surface area contributed by atoms with E-state index in [1.54, 1.807) is 33.4 Å². The zero-order chi connectivity index (χ0) is 21.7. The number of carbonyl (C=O) groups is 2. The molecule has 8 nitrogen and oxygen atoms in total. The summed E-state index contributed by atoms with van der Waals surface area (Å²) in [6, 6.07) is 11.1. The first-order chi connectivity index (χ1) is 14.4. The van der Waals surface area contributed by atoms with Crippen molar-refractivity contribution >= 4 is 23.6 Å². The van der Waals surface area contributed by atoms with Crippen LogP contribution in [0.1, 0.15) is 12.5 Å². The number of pyridine rings is 1. The molecule has 2 heterocycles. The fourth-order valence-electron chi connectivity index (χ4n) is 2.95. The maximum Gasteiger partial charge on any atom is 0.244 e. The second kappa shape index (κ2) is 9.53. The highest BCUT2D eigenvalue weighted by molar-refractivity contribution is 7.99. The summed E-state index contributed by atoms with van der Waals surface area (Å²) < 4.78 is 1.94. The van der Waals surface area contributed by atoms with Gasteiger partial charge in [0.1, 0.15) is 6.04 Å². The molecule has 1 aromatic carbocycles. The van der Waals surface area contributed by atoms with Gasteiger partial charge in [-0.1, -0.05) is 30.0 Å². The fraction of sp³-hybridized carbons (Fsp3) is 0.286. The van der Waals surface area contributed by atoms with Crippen LogP contribution < -0.4 is 5.32 Å². The van der Waals surface area contributed by atoms with Crippen LogP contribution in [0.25, 0.3) is 17.1 Å². The fourth-order valence-corrected chi connectivity index (χ4v) is 3.70. The van der Waals surface area contributed by atoms with Gasteiger partial charge in [0, 0.05) is 32.1 Å². The molecule has 0 radical (unpaired) electrons. The van der Waals surface area contributed by atoms with E-state index in [1.165, 1.54) is 16.7 Å². The van der Waals surface area contributed by atoms with Crippen molar-refractivity contribution in [3.05, 3.63) is 54.4 Å². The van der Waals surface area contributed by atoms with E-state index in [4.69, 9.17) is 0 Å². The highest BCUT2D eigenvalue weighted by atomic mass is 32.2. The van der Waals surface area contributed by atoms with E-state index in [0.29, 0.717) is 11.0 Å². The maximum atomic E-state index is 12.4. The number of rotatable bonds is 7. The molecular formula is C21H24N6O2S. The van der Waals surface area contributed by atoms with Gasteiger partial charge >= 0.3 is 0 Å². The Bertz CT molecular complexity index is 1030. The van der Waals surface area contributed by atoms with Crippen LogP contribution in [0.4, 0.5) is 0 Å². The summed E-state index contributed by atoms with van der Waals surface area (Å²) in [5.41, 5.74) is 2.87. The second-order valence-electron chi connectivity index (χ2n) is 6.97. The second-order valence-corrected chi connectivity index (χ2v) is 7.92. The highest BCUT2D eigenvalue weighted by Gasteiger charge is 2.20. The van der Waals surface area contributed by atoms with Gasteiger partial charge in [0.05, 0.1) is 11.4 Å². The molecule has 156 valence electrons. The molecule has 1 atom stereocenters. The summed E-state index contributed by atoms with van der Waals surface area (Å²) in [5, 5.41) is 12.0. The van der Waals surface area contributed by atoms with Crippen LogP contribution in [-0.4, -0.2) is 62.4 Å². The van der Waals surface area contributed by atoms with E-state index in [2.05, 4.69) is 20.5 Å². The van der Waals surface area contributed by atoms with Gasteiger partial charge in [0.2, 0.25) is 11.8 Å². The lowest BCUT2D eigenvalue weighted by Gasteiger charge is -2.18. The van der Waals surface area contributed by atoms with Crippen LogP contribution in [-0.2, 0) is 9.59 Å². The molecule has 0 aliphatic carbocycles. The number of likely N-dealkylation sites (N-methyl/N-ethyl adjacent to an activating group) is 1. The lowest BCUT2D eigenvalue weighted by Crippen LogP contribution is -2.44. The zero-order valence-corrected chi connectivity index (χ0v) is 18.2. The van der Waals surface area contributed by atoms with Gasteiger partial charge in [-0.25, -0.2) is 0 Å². The van der Waals surface area contributed by atoms with E-state index in [-0.39, 0.29) is 17.6 Å². The van der Waals surface area contributed by atoms with Gasteiger partial charge in [0.25, 0.3) is 0 Å². The van der Waals surface area contributed by atoms with E-state index in [9.17, 15) is 9.59 Å². The Balaban J connectivity index is 1.85. The van der Waals surface area contributed by atoms with Gasteiger partial charge in [-0.3, -0.25) is 19.1 Å². The number of thioether (sulfide) groups is 1. The number of hydrogen-bond donors (Lipinski definition) is 1. The van der Waals surface area contributed by atoms with Crippen LogP contribution in [0.15, 0.2) is 53.9 Å². The van der Waals surface area contributed by atoms with Crippen molar-refractivity contribution in [2.24, 2.45) is 0 Å². The Morgan fingerprint density at radius 3 is 2.50 bits per heavy atom. The summed E-state index contributed by atoms with van der Waals surface area (Å²) in [7, 11) is 3.32. The predicted octanol–water partition coefficient (Wildman–Crippen LogP) is 2.32.